The van der Waals surface area contributed by atoms with Crippen LogP contribution in [-0.4, -0.2) is 50.6 Å². The molecule has 0 saturated carbocycles. The van der Waals surface area contributed by atoms with Gasteiger partial charge in [0.05, 0.1) is 12.6 Å². The summed E-state index contributed by atoms with van der Waals surface area (Å²) in [6, 6.07) is 7.45. The third-order valence-corrected chi connectivity index (χ3v) is 3.69. The highest BCUT2D eigenvalue weighted by Crippen LogP contribution is 2.16. The van der Waals surface area contributed by atoms with Gasteiger partial charge in [-0.1, -0.05) is 19.1 Å². The number of anilines is 1. The predicted molar refractivity (Wildman–Crippen MR) is 95.9 cm³/mol. The number of hydrogen-bond acceptors (Lipinski definition) is 4. The van der Waals surface area contributed by atoms with Crippen LogP contribution in [0.3, 0.4) is 0 Å². The Morgan fingerprint density at radius 2 is 1.88 bits per heavy atom. The summed E-state index contributed by atoms with van der Waals surface area (Å²) in [6.07, 6.45) is 1.35. The standard InChI is InChI=1S/C18H29N3O3/c1-5-17(22)20-16-9-7-15(8-10-16)14(2)19-18(23)13-21(3)11-6-12-24-4/h7-10,14H,5-6,11-13H2,1-4H3,(H,19,23)(H,20,22). The number of rotatable bonds is 10. The number of carbonyl (C=O) groups is 2. The number of nitrogens with zero attached hydrogens (tertiary/aromatic N) is 1. The van der Waals surface area contributed by atoms with E-state index in [-0.39, 0.29) is 17.9 Å². The Balaban J connectivity index is 2.44. The van der Waals surface area contributed by atoms with Crippen molar-refractivity contribution in [3.63, 3.8) is 0 Å². The van der Waals surface area contributed by atoms with Gasteiger partial charge in [0.25, 0.3) is 0 Å². The van der Waals surface area contributed by atoms with Crippen LogP contribution in [0.15, 0.2) is 24.3 Å². The number of carbonyl (C=O) groups excluding carboxylic acids is 2. The second-order valence-corrected chi connectivity index (χ2v) is 5.90. The third-order valence-electron chi connectivity index (χ3n) is 3.69. The van der Waals surface area contributed by atoms with Crippen molar-refractivity contribution in [1.29, 1.82) is 0 Å². The Morgan fingerprint density at radius 3 is 2.46 bits per heavy atom. The minimum absolute atomic E-state index is 0.00854. The first-order valence-electron chi connectivity index (χ1n) is 8.33. The van der Waals surface area contributed by atoms with Gasteiger partial charge in [0.2, 0.25) is 11.8 Å². The van der Waals surface area contributed by atoms with Gasteiger partial charge in [-0.25, -0.2) is 0 Å². The van der Waals surface area contributed by atoms with Gasteiger partial charge in [0.15, 0.2) is 0 Å². The van der Waals surface area contributed by atoms with Crippen molar-refractivity contribution in [2.45, 2.75) is 32.7 Å². The maximum Gasteiger partial charge on any atom is 0.234 e. The van der Waals surface area contributed by atoms with Crippen LogP contribution in [0.1, 0.15) is 38.3 Å². The van der Waals surface area contributed by atoms with E-state index in [2.05, 4.69) is 10.6 Å². The number of likely N-dealkylation sites (N-methyl/N-ethyl adjacent to an activating group) is 1. The molecule has 134 valence electrons. The molecule has 0 saturated heterocycles. The van der Waals surface area contributed by atoms with E-state index in [0.29, 0.717) is 19.6 Å². The average Bonchev–Trinajstić information content (AvgIpc) is 2.55. The van der Waals surface area contributed by atoms with E-state index >= 15 is 0 Å². The normalized spacial score (nSPS) is 12.0. The van der Waals surface area contributed by atoms with E-state index in [1.54, 1.807) is 7.11 Å². The Hall–Kier alpha value is -1.92. The summed E-state index contributed by atoms with van der Waals surface area (Å²) in [7, 11) is 3.60. The maximum atomic E-state index is 12.1. The van der Waals surface area contributed by atoms with E-state index < -0.39 is 0 Å². The molecule has 24 heavy (non-hydrogen) atoms. The molecule has 1 aromatic carbocycles. The number of nitrogens with one attached hydrogen (secondary N) is 2. The summed E-state index contributed by atoms with van der Waals surface area (Å²) in [6.45, 7) is 5.64. The molecule has 0 heterocycles. The van der Waals surface area contributed by atoms with Crippen LogP contribution in [0.2, 0.25) is 0 Å². The minimum Gasteiger partial charge on any atom is -0.385 e. The van der Waals surface area contributed by atoms with E-state index in [9.17, 15) is 9.59 Å². The summed E-state index contributed by atoms with van der Waals surface area (Å²) >= 11 is 0. The lowest BCUT2D eigenvalue weighted by atomic mass is 10.1. The molecule has 0 aromatic heterocycles. The zero-order valence-corrected chi connectivity index (χ0v) is 15.1. The van der Waals surface area contributed by atoms with Gasteiger partial charge < -0.3 is 15.4 Å². The van der Waals surface area contributed by atoms with Crippen LogP contribution in [0.5, 0.6) is 0 Å². The van der Waals surface area contributed by atoms with Gasteiger partial charge in [-0.2, -0.15) is 0 Å². The van der Waals surface area contributed by atoms with Crippen LogP contribution < -0.4 is 10.6 Å². The molecular weight excluding hydrogens is 306 g/mol. The van der Waals surface area contributed by atoms with E-state index in [1.165, 1.54) is 0 Å². The first kappa shape index (κ1) is 20.1. The third kappa shape index (κ3) is 7.57. The molecular formula is C18H29N3O3. The van der Waals surface area contributed by atoms with Crippen molar-refractivity contribution in [3.05, 3.63) is 29.8 Å². The number of methoxy groups -OCH3 is 1. The van der Waals surface area contributed by atoms with Gasteiger partial charge in [-0.05, 0) is 38.1 Å². The zero-order valence-electron chi connectivity index (χ0n) is 15.1. The van der Waals surface area contributed by atoms with Crippen molar-refractivity contribution in [2.24, 2.45) is 0 Å². The van der Waals surface area contributed by atoms with E-state index in [0.717, 1.165) is 24.2 Å². The summed E-state index contributed by atoms with van der Waals surface area (Å²) in [4.78, 5) is 25.4. The van der Waals surface area contributed by atoms with Crippen LogP contribution in [-0.2, 0) is 14.3 Å². The topological polar surface area (TPSA) is 70.7 Å². The number of ether oxygens (including phenoxy) is 1. The fourth-order valence-corrected chi connectivity index (χ4v) is 2.28. The zero-order chi connectivity index (χ0) is 17.9. The largest absolute Gasteiger partial charge is 0.385 e. The monoisotopic (exact) mass is 335 g/mol. The van der Waals surface area contributed by atoms with Crippen molar-refractivity contribution in [1.82, 2.24) is 10.2 Å². The molecule has 0 aliphatic heterocycles. The van der Waals surface area contributed by atoms with Crippen LogP contribution >= 0.6 is 0 Å². The lowest BCUT2D eigenvalue weighted by molar-refractivity contribution is -0.122. The summed E-state index contributed by atoms with van der Waals surface area (Å²) < 4.78 is 5.01. The van der Waals surface area contributed by atoms with Gasteiger partial charge >= 0.3 is 0 Å². The molecule has 0 bridgehead atoms. The Labute approximate surface area is 144 Å². The highest BCUT2D eigenvalue weighted by molar-refractivity contribution is 5.90. The van der Waals surface area contributed by atoms with Crippen LogP contribution in [0.25, 0.3) is 0 Å². The molecule has 0 radical (unpaired) electrons. The Kier molecular flexibility index (Phi) is 9.04. The summed E-state index contributed by atoms with van der Waals surface area (Å²) in [5.41, 5.74) is 1.77. The van der Waals surface area contributed by atoms with Gasteiger partial charge in [0, 0.05) is 32.4 Å². The quantitative estimate of drug-likeness (QED) is 0.643. The number of hydrogen-bond donors (Lipinski definition) is 2. The molecule has 0 spiro atoms. The van der Waals surface area contributed by atoms with E-state index in [1.807, 2.05) is 50.1 Å². The van der Waals surface area contributed by atoms with Gasteiger partial charge in [-0.3, -0.25) is 14.5 Å². The van der Waals surface area contributed by atoms with Crippen molar-refractivity contribution < 1.29 is 14.3 Å². The fourth-order valence-electron chi connectivity index (χ4n) is 2.28. The molecule has 6 nitrogen and oxygen atoms in total. The first-order valence-corrected chi connectivity index (χ1v) is 8.33. The predicted octanol–water partition coefficient (Wildman–Crippen LogP) is 2.18. The highest BCUT2D eigenvalue weighted by atomic mass is 16.5. The van der Waals surface area contributed by atoms with E-state index in [4.69, 9.17) is 4.74 Å². The number of amides is 2. The second-order valence-electron chi connectivity index (χ2n) is 5.90. The molecule has 0 aliphatic rings. The fraction of sp³-hybridized carbons (Fsp3) is 0.556. The van der Waals surface area contributed by atoms with Crippen molar-refractivity contribution in [2.75, 3.05) is 39.2 Å². The Bertz CT molecular complexity index is 517. The average molecular weight is 335 g/mol. The Morgan fingerprint density at radius 1 is 1.21 bits per heavy atom. The lowest BCUT2D eigenvalue weighted by Gasteiger charge is -2.19. The second kappa shape index (κ2) is 10.8. The summed E-state index contributed by atoms with van der Waals surface area (Å²) in [5.74, 6) is -0.0219. The molecule has 0 aliphatic carbocycles. The van der Waals surface area contributed by atoms with Gasteiger partial charge in [0.1, 0.15) is 0 Å². The maximum absolute atomic E-state index is 12.1. The molecule has 1 unspecified atom stereocenters. The molecule has 0 fully saturated rings. The van der Waals surface area contributed by atoms with Gasteiger partial charge in [-0.15, -0.1) is 0 Å². The minimum atomic E-state index is -0.0826. The first-order chi connectivity index (χ1) is 11.5. The molecule has 1 aromatic rings. The molecule has 2 amide bonds. The van der Waals surface area contributed by atoms with Crippen molar-refractivity contribution in [3.8, 4) is 0 Å². The SMILES string of the molecule is CCC(=O)Nc1ccc(C(C)NC(=O)CN(C)CCCOC)cc1. The molecule has 1 atom stereocenters. The summed E-state index contributed by atoms with van der Waals surface area (Å²) in [5, 5.41) is 5.80. The van der Waals surface area contributed by atoms with Crippen molar-refractivity contribution >= 4 is 17.5 Å². The molecule has 2 N–H and O–H groups in total. The smallest absolute Gasteiger partial charge is 0.234 e. The van der Waals surface area contributed by atoms with Crippen LogP contribution in [0.4, 0.5) is 5.69 Å². The lowest BCUT2D eigenvalue weighted by Crippen LogP contribution is -2.37. The van der Waals surface area contributed by atoms with Crippen LogP contribution in [0, 0.1) is 0 Å². The number of benzene rings is 1. The molecule has 6 heteroatoms. The highest BCUT2D eigenvalue weighted by Gasteiger charge is 2.11. The molecule has 1 rings (SSSR count).